The number of nitrogen functional groups attached to an aromatic ring is 1. The van der Waals surface area contributed by atoms with Gasteiger partial charge in [-0.25, -0.2) is 0 Å². The molecule has 0 atom stereocenters. The Balaban J connectivity index is 2.20. The van der Waals surface area contributed by atoms with Crippen molar-refractivity contribution in [3.05, 3.63) is 22.7 Å². The first-order chi connectivity index (χ1) is 8.09. The van der Waals surface area contributed by atoms with Crippen LogP contribution >= 0.6 is 15.9 Å². The molecule has 1 aromatic carbocycles. The summed E-state index contributed by atoms with van der Waals surface area (Å²) in [5, 5.41) is 3.33. The van der Waals surface area contributed by atoms with Gasteiger partial charge in [-0.3, -0.25) is 0 Å². The maximum Gasteiger partial charge on any atom is 0.0585 e. The highest BCUT2D eigenvalue weighted by Crippen LogP contribution is 2.23. The summed E-state index contributed by atoms with van der Waals surface area (Å²) >= 11 is 3.43. The third-order valence-corrected chi connectivity index (χ3v) is 2.85. The summed E-state index contributed by atoms with van der Waals surface area (Å²) in [5.74, 6) is 0. The van der Waals surface area contributed by atoms with E-state index in [1.807, 2.05) is 18.2 Å². The normalized spacial score (nSPS) is 10.8. The molecule has 0 aliphatic rings. The van der Waals surface area contributed by atoms with E-state index in [1.54, 1.807) is 0 Å². The molecule has 3 nitrogen and oxygen atoms in total. The van der Waals surface area contributed by atoms with Crippen molar-refractivity contribution in [2.24, 2.45) is 0 Å². The molecule has 4 heteroatoms. The van der Waals surface area contributed by atoms with E-state index in [4.69, 9.17) is 10.5 Å². The number of hydrogen-bond acceptors (Lipinski definition) is 3. The van der Waals surface area contributed by atoms with E-state index in [-0.39, 0.29) is 0 Å². The van der Waals surface area contributed by atoms with Gasteiger partial charge in [-0.15, -0.1) is 0 Å². The van der Waals surface area contributed by atoms with Crippen molar-refractivity contribution < 1.29 is 4.74 Å². The van der Waals surface area contributed by atoms with E-state index in [0.29, 0.717) is 6.10 Å². The molecule has 0 heterocycles. The van der Waals surface area contributed by atoms with Crippen LogP contribution in [-0.4, -0.2) is 19.3 Å². The number of ether oxygens (including phenoxy) is 1. The summed E-state index contributed by atoms with van der Waals surface area (Å²) in [4.78, 5) is 0. The van der Waals surface area contributed by atoms with E-state index >= 15 is 0 Å². The second-order valence-corrected chi connectivity index (χ2v) is 5.20. The summed E-state index contributed by atoms with van der Waals surface area (Å²) < 4.78 is 6.52. The van der Waals surface area contributed by atoms with Crippen molar-refractivity contribution in [3.63, 3.8) is 0 Å². The number of rotatable bonds is 7. The lowest BCUT2D eigenvalue weighted by Crippen LogP contribution is -2.07. The Morgan fingerprint density at radius 2 is 2.12 bits per heavy atom. The van der Waals surface area contributed by atoms with Crippen molar-refractivity contribution >= 4 is 27.3 Å². The lowest BCUT2D eigenvalue weighted by atomic mass is 10.2. The number of unbranched alkanes of at least 4 members (excludes halogenated alkanes) is 1. The fraction of sp³-hybridized carbons (Fsp3) is 0.538. The SMILES string of the molecule is CC(C)OCCCCNc1cc(Br)ccc1N. The minimum Gasteiger partial charge on any atom is -0.397 e. The largest absolute Gasteiger partial charge is 0.397 e. The molecule has 0 fully saturated rings. The zero-order valence-corrected chi connectivity index (χ0v) is 12.1. The first-order valence-electron chi connectivity index (χ1n) is 6.00. The van der Waals surface area contributed by atoms with Crippen LogP contribution < -0.4 is 11.1 Å². The molecule has 1 aromatic rings. The lowest BCUT2D eigenvalue weighted by Gasteiger charge is -2.10. The number of benzene rings is 1. The van der Waals surface area contributed by atoms with Crippen molar-refractivity contribution in [2.75, 3.05) is 24.2 Å². The van der Waals surface area contributed by atoms with Crippen LogP contribution in [-0.2, 0) is 4.74 Å². The van der Waals surface area contributed by atoms with Crippen molar-refractivity contribution in [3.8, 4) is 0 Å². The minimum absolute atomic E-state index is 0.323. The average Bonchev–Trinajstić information content (AvgIpc) is 2.27. The maximum absolute atomic E-state index is 5.86. The van der Waals surface area contributed by atoms with Gasteiger partial charge in [0.25, 0.3) is 0 Å². The summed E-state index contributed by atoms with van der Waals surface area (Å²) in [5.41, 5.74) is 7.64. The van der Waals surface area contributed by atoms with Crippen LogP contribution in [0.3, 0.4) is 0 Å². The molecule has 0 aliphatic carbocycles. The van der Waals surface area contributed by atoms with Gasteiger partial charge in [-0.05, 0) is 44.9 Å². The van der Waals surface area contributed by atoms with Gasteiger partial charge in [0.05, 0.1) is 17.5 Å². The molecule has 0 bridgehead atoms. The Morgan fingerprint density at radius 1 is 1.35 bits per heavy atom. The highest BCUT2D eigenvalue weighted by molar-refractivity contribution is 9.10. The standard InChI is InChI=1S/C13H21BrN2O/c1-10(2)17-8-4-3-7-16-13-9-11(14)5-6-12(13)15/h5-6,9-10,16H,3-4,7-8,15H2,1-2H3. The Morgan fingerprint density at radius 3 is 2.82 bits per heavy atom. The van der Waals surface area contributed by atoms with Gasteiger partial charge in [-0.1, -0.05) is 15.9 Å². The molecule has 96 valence electrons. The summed E-state index contributed by atoms with van der Waals surface area (Å²) in [6, 6.07) is 5.84. The van der Waals surface area contributed by atoms with Gasteiger partial charge in [0.2, 0.25) is 0 Å². The van der Waals surface area contributed by atoms with Gasteiger partial charge in [0.15, 0.2) is 0 Å². The Labute approximate surface area is 112 Å². The molecule has 1 rings (SSSR count). The van der Waals surface area contributed by atoms with E-state index < -0.39 is 0 Å². The van der Waals surface area contributed by atoms with E-state index in [1.165, 1.54) is 0 Å². The van der Waals surface area contributed by atoms with Crippen LogP contribution in [0.25, 0.3) is 0 Å². The Kier molecular flexibility index (Phi) is 6.37. The average molecular weight is 301 g/mol. The van der Waals surface area contributed by atoms with E-state index in [9.17, 15) is 0 Å². The van der Waals surface area contributed by atoms with E-state index in [2.05, 4.69) is 35.1 Å². The molecule has 0 aliphatic heterocycles. The Hall–Kier alpha value is -0.740. The van der Waals surface area contributed by atoms with Gasteiger partial charge in [-0.2, -0.15) is 0 Å². The van der Waals surface area contributed by atoms with Crippen LogP contribution in [0.2, 0.25) is 0 Å². The summed E-state index contributed by atoms with van der Waals surface area (Å²) in [7, 11) is 0. The summed E-state index contributed by atoms with van der Waals surface area (Å²) in [6.07, 6.45) is 2.47. The smallest absolute Gasteiger partial charge is 0.0585 e. The van der Waals surface area contributed by atoms with Crippen molar-refractivity contribution in [2.45, 2.75) is 32.8 Å². The maximum atomic E-state index is 5.86. The zero-order valence-electron chi connectivity index (χ0n) is 10.5. The first kappa shape index (κ1) is 14.3. The van der Waals surface area contributed by atoms with Crippen LogP contribution in [0.1, 0.15) is 26.7 Å². The minimum atomic E-state index is 0.323. The predicted octanol–water partition coefficient (Wildman–Crippen LogP) is 3.65. The third kappa shape index (κ3) is 5.94. The molecule has 0 spiro atoms. The van der Waals surface area contributed by atoms with Crippen molar-refractivity contribution in [1.29, 1.82) is 0 Å². The second-order valence-electron chi connectivity index (χ2n) is 4.29. The predicted molar refractivity (Wildman–Crippen MR) is 77.4 cm³/mol. The lowest BCUT2D eigenvalue weighted by molar-refractivity contribution is 0.0765. The number of hydrogen-bond donors (Lipinski definition) is 2. The molecule has 17 heavy (non-hydrogen) atoms. The monoisotopic (exact) mass is 300 g/mol. The van der Waals surface area contributed by atoms with Crippen LogP contribution in [0.5, 0.6) is 0 Å². The highest BCUT2D eigenvalue weighted by atomic mass is 79.9. The topological polar surface area (TPSA) is 47.3 Å². The molecule has 0 radical (unpaired) electrons. The highest BCUT2D eigenvalue weighted by Gasteiger charge is 1.99. The molecule has 0 saturated carbocycles. The fourth-order valence-electron chi connectivity index (χ4n) is 1.45. The molecular weight excluding hydrogens is 280 g/mol. The number of nitrogens with two attached hydrogens (primary N) is 1. The zero-order chi connectivity index (χ0) is 12.7. The van der Waals surface area contributed by atoms with Crippen LogP contribution in [0, 0.1) is 0 Å². The molecule has 0 aromatic heterocycles. The third-order valence-electron chi connectivity index (χ3n) is 2.35. The number of halogens is 1. The molecular formula is C13H21BrN2O. The van der Waals surface area contributed by atoms with Gasteiger partial charge >= 0.3 is 0 Å². The van der Waals surface area contributed by atoms with Crippen LogP contribution in [0.4, 0.5) is 11.4 Å². The fourth-order valence-corrected chi connectivity index (χ4v) is 1.81. The summed E-state index contributed by atoms with van der Waals surface area (Å²) in [6.45, 7) is 5.86. The van der Waals surface area contributed by atoms with Crippen LogP contribution in [0.15, 0.2) is 22.7 Å². The van der Waals surface area contributed by atoms with Crippen molar-refractivity contribution in [1.82, 2.24) is 0 Å². The number of anilines is 2. The first-order valence-corrected chi connectivity index (χ1v) is 6.79. The Bertz CT molecular complexity index is 342. The van der Waals surface area contributed by atoms with E-state index in [0.717, 1.165) is 41.8 Å². The molecule has 0 amide bonds. The molecule has 3 N–H and O–H groups in total. The molecule has 0 unspecified atom stereocenters. The second kappa shape index (κ2) is 7.56. The van der Waals surface area contributed by atoms with Gasteiger partial charge < -0.3 is 15.8 Å². The number of nitrogens with one attached hydrogen (secondary N) is 1. The van der Waals surface area contributed by atoms with Gasteiger partial charge in [0, 0.05) is 17.6 Å². The quantitative estimate of drug-likeness (QED) is 0.597. The van der Waals surface area contributed by atoms with Gasteiger partial charge in [0.1, 0.15) is 0 Å². The molecule has 0 saturated heterocycles.